The molecule has 0 aromatic heterocycles. The number of ether oxygens (including phenoxy) is 5. The summed E-state index contributed by atoms with van der Waals surface area (Å²) in [5.41, 5.74) is 0. The molecular formula is C14H20O10. The van der Waals surface area contributed by atoms with Crippen molar-refractivity contribution in [3.05, 3.63) is 0 Å². The average Bonchev–Trinajstić information content (AvgIpc) is 2.42. The van der Waals surface area contributed by atoms with Gasteiger partial charge in [-0.05, 0) is 0 Å². The summed E-state index contributed by atoms with van der Waals surface area (Å²) in [7, 11) is 0. The molecule has 0 aliphatic carbocycles. The van der Waals surface area contributed by atoms with Crippen LogP contribution in [0.4, 0.5) is 0 Å². The van der Waals surface area contributed by atoms with Crippen molar-refractivity contribution in [3.63, 3.8) is 0 Å². The average molecular weight is 348 g/mol. The molecule has 0 radical (unpaired) electrons. The van der Waals surface area contributed by atoms with E-state index in [2.05, 4.69) is 0 Å². The molecule has 0 amide bonds. The first-order valence-corrected chi connectivity index (χ1v) is 7.10. The molecule has 1 N–H and O–H groups in total. The van der Waals surface area contributed by atoms with Crippen molar-refractivity contribution in [2.75, 3.05) is 6.61 Å². The van der Waals surface area contributed by atoms with Crippen molar-refractivity contribution in [1.82, 2.24) is 0 Å². The fraction of sp³-hybridized carbons (Fsp3) is 0.714. The van der Waals surface area contributed by atoms with Gasteiger partial charge in [-0.15, -0.1) is 0 Å². The van der Waals surface area contributed by atoms with Crippen molar-refractivity contribution in [2.24, 2.45) is 0 Å². The van der Waals surface area contributed by atoms with Crippen molar-refractivity contribution >= 4 is 23.9 Å². The Morgan fingerprint density at radius 1 is 0.833 bits per heavy atom. The Morgan fingerprint density at radius 2 is 1.33 bits per heavy atom. The zero-order chi connectivity index (χ0) is 18.4. The molecule has 0 aromatic carbocycles. The number of carbonyl (C=O) groups is 4. The quantitative estimate of drug-likeness (QED) is 0.490. The standard InChI is InChI=1S/C14H20O10/c1-6(15)20-5-10-12(21-7(2)16)13(22-8(3)17)11(19)14(24-10)23-9(4)18/h10-14,19H,5H2,1-4H3/t10?,11?,12-,13+,14-/m1/s1. The number of esters is 4. The molecule has 0 aromatic rings. The number of hydrogen-bond donors (Lipinski definition) is 1. The third-order valence-corrected chi connectivity index (χ3v) is 2.95. The summed E-state index contributed by atoms with van der Waals surface area (Å²) in [5, 5.41) is 10.2. The highest BCUT2D eigenvalue weighted by molar-refractivity contribution is 5.68. The van der Waals surface area contributed by atoms with Crippen LogP contribution >= 0.6 is 0 Å². The van der Waals surface area contributed by atoms with Crippen LogP contribution in [0.25, 0.3) is 0 Å². The largest absolute Gasteiger partial charge is 0.463 e. The number of aliphatic hydroxyl groups is 1. The van der Waals surface area contributed by atoms with Crippen LogP contribution in [-0.4, -0.2) is 66.3 Å². The van der Waals surface area contributed by atoms with Crippen LogP contribution in [0.3, 0.4) is 0 Å². The Kier molecular flexibility index (Phi) is 7.11. The molecule has 1 saturated heterocycles. The normalized spacial score (nSPS) is 29.3. The van der Waals surface area contributed by atoms with Crippen molar-refractivity contribution in [1.29, 1.82) is 0 Å². The van der Waals surface area contributed by atoms with E-state index in [0.717, 1.165) is 27.7 Å². The lowest BCUT2D eigenvalue weighted by Crippen LogP contribution is -2.62. The minimum atomic E-state index is -1.60. The maximum absolute atomic E-state index is 11.3. The van der Waals surface area contributed by atoms with E-state index in [1.165, 1.54) is 0 Å². The van der Waals surface area contributed by atoms with Crippen LogP contribution < -0.4 is 0 Å². The number of carbonyl (C=O) groups excluding carboxylic acids is 4. The van der Waals surface area contributed by atoms with E-state index in [0.29, 0.717) is 0 Å². The SMILES string of the molecule is CC(=O)OCC1O[C@@H](OC(C)=O)C(O)[C@H](OC(C)=O)[C@@H]1OC(C)=O. The molecule has 2 unspecified atom stereocenters. The van der Waals surface area contributed by atoms with Gasteiger partial charge in [-0.3, -0.25) is 19.2 Å². The molecule has 1 aliphatic heterocycles. The summed E-state index contributed by atoms with van der Waals surface area (Å²) < 4.78 is 25.0. The highest BCUT2D eigenvalue weighted by Crippen LogP contribution is 2.27. The van der Waals surface area contributed by atoms with Crippen LogP contribution in [0.1, 0.15) is 27.7 Å². The van der Waals surface area contributed by atoms with Gasteiger partial charge < -0.3 is 28.8 Å². The second kappa shape index (κ2) is 8.60. The van der Waals surface area contributed by atoms with Gasteiger partial charge in [-0.25, -0.2) is 0 Å². The van der Waals surface area contributed by atoms with Gasteiger partial charge in [0.05, 0.1) is 0 Å². The topological polar surface area (TPSA) is 135 Å². The summed E-state index contributed by atoms with van der Waals surface area (Å²) in [5.74, 6) is -2.87. The Hall–Kier alpha value is -2.20. The molecule has 1 fully saturated rings. The molecular weight excluding hydrogens is 328 g/mol. The number of aliphatic hydroxyl groups excluding tert-OH is 1. The molecule has 5 atom stereocenters. The van der Waals surface area contributed by atoms with Crippen molar-refractivity contribution in [2.45, 2.75) is 58.4 Å². The molecule has 136 valence electrons. The predicted molar refractivity (Wildman–Crippen MR) is 74.2 cm³/mol. The molecule has 0 spiro atoms. The first kappa shape index (κ1) is 19.8. The number of hydrogen-bond acceptors (Lipinski definition) is 10. The highest BCUT2D eigenvalue weighted by atomic mass is 16.7. The van der Waals surface area contributed by atoms with E-state index in [4.69, 9.17) is 23.7 Å². The van der Waals surface area contributed by atoms with E-state index in [1.807, 2.05) is 0 Å². The second-order valence-electron chi connectivity index (χ2n) is 5.09. The lowest BCUT2D eigenvalue weighted by Gasteiger charge is -2.42. The Bertz CT molecular complexity index is 486. The van der Waals surface area contributed by atoms with E-state index < -0.39 is 54.6 Å². The van der Waals surface area contributed by atoms with E-state index in [1.54, 1.807) is 0 Å². The van der Waals surface area contributed by atoms with Gasteiger partial charge in [-0.2, -0.15) is 0 Å². The summed E-state index contributed by atoms with van der Waals surface area (Å²) in [4.78, 5) is 44.7. The monoisotopic (exact) mass is 348 g/mol. The maximum Gasteiger partial charge on any atom is 0.305 e. The smallest absolute Gasteiger partial charge is 0.305 e. The maximum atomic E-state index is 11.3. The number of rotatable bonds is 5. The third-order valence-electron chi connectivity index (χ3n) is 2.95. The molecule has 1 aliphatic rings. The van der Waals surface area contributed by atoms with E-state index in [-0.39, 0.29) is 6.61 Å². The van der Waals surface area contributed by atoms with Crippen LogP contribution in [0, 0.1) is 0 Å². The van der Waals surface area contributed by atoms with E-state index in [9.17, 15) is 24.3 Å². The summed E-state index contributed by atoms with van der Waals surface area (Å²) in [6.07, 6.45) is -6.83. The van der Waals surface area contributed by atoms with Gasteiger partial charge in [0.25, 0.3) is 0 Å². The minimum absolute atomic E-state index is 0.366. The minimum Gasteiger partial charge on any atom is -0.463 e. The second-order valence-corrected chi connectivity index (χ2v) is 5.09. The van der Waals surface area contributed by atoms with Gasteiger partial charge in [0.1, 0.15) is 12.7 Å². The van der Waals surface area contributed by atoms with Gasteiger partial charge in [0, 0.05) is 27.7 Å². The first-order valence-electron chi connectivity index (χ1n) is 7.10. The van der Waals surface area contributed by atoms with Gasteiger partial charge in [0.2, 0.25) is 6.29 Å². The Balaban J connectivity index is 3.08. The molecule has 10 nitrogen and oxygen atoms in total. The molecule has 10 heteroatoms. The molecule has 24 heavy (non-hydrogen) atoms. The zero-order valence-electron chi connectivity index (χ0n) is 13.7. The van der Waals surface area contributed by atoms with Gasteiger partial charge >= 0.3 is 23.9 Å². The third kappa shape index (κ3) is 5.78. The zero-order valence-corrected chi connectivity index (χ0v) is 13.7. The van der Waals surface area contributed by atoms with Gasteiger partial charge in [0.15, 0.2) is 18.3 Å². The summed E-state index contributed by atoms with van der Waals surface area (Å²) in [6, 6.07) is 0. The fourth-order valence-electron chi connectivity index (χ4n) is 2.15. The first-order chi connectivity index (χ1) is 11.1. The predicted octanol–water partition coefficient (Wildman–Crippen LogP) is -0.938. The van der Waals surface area contributed by atoms with Crippen LogP contribution in [0.2, 0.25) is 0 Å². The summed E-state index contributed by atoms with van der Waals surface area (Å²) in [6.45, 7) is 4.09. The molecule has 1 heterocycles. The van der Waals surface area contributed by atoms with E-state index >= 15 is 0 Å². The lowest BCUT2D eigenvalue weighted by atomic mass is 9.98. The Morgan fingerprint density at radius 3 is 1.79 bits per heavy atom. The van der Waals surface area contributed by atoms with Crippen molar-refractivity contribution in [3.8, 4) is 0 Å². The van der Waals surface area contributed by atoms with Crippen LogP contribution in [0.15, 0.2) is 0 Å². The lowest BCUT2D eigenvalue weighted by molar-refractivity contribution is -0.297. The molecule has 1 rings (SSSR count). The Labute approximate surface area is 137 Å². The molecule has 0 bridgehead atoms. The van der Waals surface area contributed by atoms with Crippen LogP contribution in [0.5, 0.6) is 0 Å². The summed E-state index contributed by atoms with van der Waals surface area (Å²) >= 11 is 0. The van der Waals surface area contributed by atoms with Gasteiger partial charge in [-0.1, -0.05) is 0 Å². The highest BCUT2D eigenvalue weighted by Gasteiger charge is 2.51. The fourth-order valence-corrected chi connectivity index (χ4v) is 2.15. The molecule has 0 saturated carbocycles. The van der Waals surface area contributed by atoms with Crippen molar-refractivity contribution < 1.29 is 48.0 Å². The van der Waals surface area contributed by atoms with Crippen LogP contribution in [-0.2, 0) is 42.9 Å².